The summed E-state index contributed by atoms with van der Waals surface area (Å²) in [7, 11) is 0. The fourth-order valence-electron chi connectivity index (χ4n) is 4.97. The van der Waals surface area contributed by atoms with Gasteiger partial charge in [-0.2, -0.15) is 0 Å². The third-order valence-electron chi connectivity index (χ3n) is 6.16. The Hall–Kier alpha value is -3.06. The first-order valence-electron chi connectivity index (χ1n) is 9.22. The molecule has 1 nitrogen and oxygen atoms in total. The van der Waals surface area contributed by atoms with Crippen LogP contribution in [0.25, 0.3) is 43.7 Å². The normalized spacial score (nSPS) is 14.8. The van der Waals surface area contributed by atoms with Crippen LogP contribution < -0.4 is 0 Å². The van der Waals surface area contributed by atoms with Crippen molar-refractivity contribution in [3.63, 3.8) is 0 Å². The Balaban J connectivity index is 1.80. The minimum atomic E-state index is 0.0191. The Morgan fingerprint density at radius 3 is 2.38 bits per heavy atom. The first-order valence-corrected chi connectivity index (χ1v) is 9.22. The second kappa shape index (κ2) is 4.56. The SMILES string of the molecule is CC1(C)c2ccccc2-c2ccc3cc4[nH]c5ccccc5c4cc3c21. The van der Waals surface area contributed by atoms with E-state index < -0.39 is 0 Å². The number of fused-ring (bicyclic) bond motifs is 8. The van der Waals surface area contributed by atoms with Crippen molar-refractivity contribution in [2.24, 2.45) is 0 Å². The third-order valence-corrected chi connectivity index (χ3v) is 6.16. The molecule has 1 aromatic heterocycles. The molecule has 1 aliphatic carbocycles. The molecule has 0 aliphatic heterocycles. The molecule has 0 spiro atoms. The van der Waals surface area contributed by atoms with Gasteiger partial charge in [0.05, 0.1) is 0 Å². The molecule has 1 heteroatoms. The number of benzene rings is 4. The molecule has 1 N–H and O–H groups in total. The van der Waals surface area contributed by atoms with Crippen LogP contribution in [0.4, 0.5) is 0 Å². The molecule has 4 aromatic carbocycles. The van der Waals surface area contributed by atoms with E-state index in [4.69, 9.17) is 0 Å². The van der Waals surface area contributed by atoms with Crippen LogP contribution in [-0.4, -0.2) is 4.98 Å². The second-order valence-corrected chi connectivity index (χ2v) is 7.95. The Morgan fingerprint density at radius 2 is 1.46 bits per heavy atom. The van der Waals surface area contributed by atoms with Crippen molar-refractivity contribution < 1.29 is 0 Å². The number of nitrogens with one attached hydrogen (secondary N) is 1. The standard InChI is InChI=1S/C25H19N/c1-25(2)21-9-5-3-7-16(21)18-12-11-15-13-23-20(14-19(15)24(18)25)17-8-4-6-10-22(17)26-23/h3-14,26H,1-2H3. The number of aromatic amines is 1. The average Bonchev–Trinajstić information content (AvgIpc) is 3.13. The van der Waals surface area contributed by atoms with Gasteiger partial charge >= 0.3 is 0 Å². The quantitative estimate of drug-likeness (QED) is 0.321. The van der Waals surface area contributed by atoms with Crippen LogP contribution in [0.1, 0.15) is 25.0 Å². The molecule has 0 saturated heterocycles. The molecule has 124 valence electrons. The number of rotatable bonds is 0. The summed E-state index contributed by atoms with van der Waals surface area (Å²) >= 11 is 0. The molecule has 0 unspecified atom stereocenters. The van der Waals surface area contributed by atoms with Crippen molar-refractivity contribution in [3.05, 3.63) is 83.9 Å². The topological polar surface area (TPSA) is 15.8 Å². The molecule has 0 radical (unpaired) electrons. The highest BCUT2D eigenvalue weighted by atomic mass is 14.7. The molecule has 0 saturated carbocycles. The summed E-state index contributed by atoms with van der Waals surface area (Å²) in [5, 5.41) is 5.30. The van der Waals surface area contributed by atoms with E-state index in [0.717, 1.165) is 0 Å². The van der Waals surface area contributed by atoms with E-state index in [1.807, 2.05) is 0 Å². The van der Waals surface area contributed by atoms with Crippen molar-refractivity contribution >= 4 is 32.6 Å². The third kappa shape index (κ3) is 1.61. The maximum Gasteiger partial charge on any atom is 0.0471 e. The zero-order valence-electron chi connectivity index (χ0n) is 14.9. The summed E-state index contributed by atoms with van der Waals surface area (Å²) < 4.78 is 0. The summed E-state index contributed by atoms with van der Waals surface area (Å²) in [6.45, 7) is 4.72. The van der Waals surface area contributed by atoms with Gasteiger partial charge in [0.15, 0.2) is 0 Å². The highest BCUT2D eigenvalue weighted by Gasteiger charge is 2.36. The monoisotopic (exact) mass is 333 g/mol. The lowest BCUT2D eigenvalue weighted by atomic mass is 9.80. The van der Waals surface area contributed by atoms with Gasteiger partial charge in [0, 0.05) is 27.2 Å². The van der Waals surface area contributed by atoms with Crippen molar-refractivity contribution in [1.29, 1.82) is 0 Å². The molecule has 0 atom stereocenters. The largest absolute Gasteiger partial charge is 0.354 e. The molecular weight excluding hydrogens is 314 g/mol. The van der Waals surface area contributed by atoms with E-state index in [2.05, 4.69) is 91.6 Å². The van der Waals surface area contributed by atoms with Gasteiger partial charge in [-0.1, -0.05) is 68.4 Å². The van der Waals surface area contributed by atoms with Gasteiger partial charge in [-0.25, -0.2) is 0 Å². The average molecular weight is 333 g/mol. The lowest BCUT2D eigenvalue weighted by molar-refractivity contribution is 0.666. The van der Waals surface area contributed by atoms with Crippen molar-refractivity contribution in [2.45, 2.75) is 19.3 Å². The zero-order valence-corrected chi connectivity index (χ0v) is 14.9. The Bertz CT molecular complexity index is 1350. The van der Waals surface area contributed by atoms with Gasteiger partial charge in [-0.3, -0.25) is 0 Å². The summed E-state index contributed by atoms with van der Waals surface area (Å²) in [5.41, 5.74) is 8.10. The van der Waals surface area contributed by atoms with Crippen LogP contribution in [0, 0.1) is 0 Å². The predicted molar refractivity (Wildman–Crippen MR) is 111 cm³/mol. The molecule has 0 amide bonds. The molecule has 1 heterocycles. The summed E-state index contributed by atoms with van der Waals surface area (Å²) in [5.74, 6) is 0. The number of aromatic nitrogens is 1. The lowest BCUT2D eigenvalue weighted by Gasteiger charge is -2.23. The molecular formula is C25H19N. The van der Waals surface area contributed by atoms with Gasteiger partial charge in [-0.05, 0) is 51.2 Å². The molecule has 0 bridgehead atoms. The van der Waals surface area contributed by atoms with Crippen LogP contribution in [0.15, 0.2) is 72.8 Å². The van der Waals surface area contributed by atoms with Crippen LogP contribution in [-0.2, 0) is 5.41 Å². The van der Waals surface area contributed by atoms with E-state index in [0.29, 0.717) is 0 Å². The summed E-state index contributed by atoms with van der Waals surface area (Å²) in [6.07, 6.45) is 0. The Morgan fingerprint density at radius 1 is 0.654 bits per heavy atom. The van der Waals surface area contributed by atoms with Crippen molar-refractivity contribution in [2.75, 3.05) is 0 Å². The molecule has 0 fully saturated rings. The summed E-state index contributed by atoms with van der Waals surface area (Å²) in [6, 6.07) is 26.7. The zero-order chi connectivity index (χ0) is 17.5. The Kier molecular flexibility index (Phi) is 2.48. The Labute approximate surface area is 152 Å². The number of H-pyrrole nitrogens is 1. The van der Waals surface area contributed by atoms with Crippen molar-refractivity contribution in [3.8, 4) is 11.1 Å². The van der Waals surface area contributed by atoms with Gasteiger partial charge < -0.3 is 4.98 Å². The van der Waals surface area contributed by atoms with Gasteiger partial charge in [0.25, 0.3) is 0 Å². The molecule has 26 heavy (non-hydrogen) atoms. The van der Waals surface area contributed by atoms with E-state index in [1.165, 1.54) is 54.8 Å². The van der Waals surface area contributed by atoms with E-state index in [1.54, 1.807) is 0 Å². The smallest absolute Gasteiger partial charge is 0.0471 e. The van der Waals surface area contributed by atoms with Gasteiger partial charge in [0.1, 0.15) is 0 Å². The van der Waals surface area contributed by atoms with Gasteiger partial charge in [0.2, 0.25) is 0 Å². The maximum absolute atomic E-state index is 3.58. The van der Waals surface area contributed by atoms with Crippen LogP contribution in [0.3, 0.4) is 0 Å². The van der Waals surface area contributed by atoms with Gasteiger partial charge in [-0.15, -0.1) is 0 Å². The van der Waals surface area contributed by atoms with Crippen molar-refractivity contribution in [1.82, 2.24) is 4.98 Å². The number of hydrogen-bond acceptors (Lipinski definition) is 0. The first-order chi connectivity index (χ1) is 12.6. The fraction of sp³-hybridized carbons (Fsp3) is 0.120. The van der Waals surface area contributed by atoms with Crippen LogP contribution in [0.5, 0.6) is 0 Å². The second-order valence-electron chi connectivity index (χ2n) is 7.95. The van der Waals surface area contributed by atoms with E-state index in [9.17, 15) is 0 Å². The molecule has 5 aromatic rings. The van der Waals surface area contributed by atoms with E-state index in [-0.39, 0.29) is 5.41 Å². The molecule has 1 aliphatic rings. The highest BCUT2D eigenvalue weighted by Crippen LogP contribution is 2.51. The van der Waals surface area contributed by atoms with Crippen LogP contribution in [0.2, 0.25) is 0 Å². The highest BCUT2D eigenvalue weighted by molar-refractivity contribution is 6.13. The van der Waals surface area contributed by atoms with E-state index >= 15 is 0 Å². The maximum atomic E-state index is 3.58. The number of hydrogen-bond donors (Lipinski definition) is 1. The van der Waals surface area contributed by atoms with Crippen LogP contribution >= 0.6 is 0 Å². The first kappa shape index (κ1) is 14.1. The minimum absolute atomic E-state index is 0.0191. The lowest BCUT2D eigenvalue weighted by Crippen LogP contribution is -2.15. The number of para-hydroxylation sites is 1. The predicted octanol–water partition coefficient (Wildman–Crippen LogP) is 6.78. The summed E-state index contributed by atoms with van der Waals surface area (Å²) in [4.78, 5) is 3.58. The molecule has 6 rings (SSSR count). The minimum Gasteiger partial charge on any atom is -0.354 e. The fourth-order valence-corrected chi connectivity index (χ4v) is 4.97.